The lowest BCUT2D eigenvalue weighted by atomic mass is 9.98. The third-order valence-corrected chi connectivity index (χ3v) is 4.52. The van der Waals surface area contributed by atoms with Crippen LogP contribution in [0.15, 0.2) is 4.47 Å². The molecular weight excluding hydrogens is 290 g/mol. The van der Waals surface area contributed by atoms with Crippen LogP contribution in [0.4, 0.5) is 0 Å². The summed E-state index contributed by atoms with van der Waals surface area (Å²) in [4.78, 5) is 0. The topological polar surface area (TPSA) is 29.9 Å². The molecule has 0 fully saturated rings. The fourth-order valence-corrected chi connectivity index (χ4v) is 3.21. The molecule has 0 aromatic carbocycles. The van der Waals surface area contributed by atoms with Crippen LogP contribution in [0.5, 0.6) is 0 Å². The maximum absolute atomic E-state index is 4.54. The van der Waals surface area contributed by atoms with Crippen molar-refractivity contribution in [2.24, 2.45) is 13.0 Å². The minimum absolute atomic E-state index is 0.614. The summed E-state index contributed by atoms with van der Waals surface area (Å²) in [5, 5.41) is 7.94. The number of aromatic nitrogens is 2. The van der Waals surface area contributed by atoms with Crippen molar-refractivity contribution < 1.29 is 0 Å². The van der Waals surface area contributed by atoms with Crippen LogP contribution in [-0.4, -0.2) is 22.9 Å². The van der Waals surface area contributed by atoms with E-state index in [9.17, 15) is 0 Å². The highest BCUT2D eigenvalue weighted by Gasteiger charge is 2.14. The Morgan fingerprint density at radius 3 is 2.50 bits per heavy atom. The molecule has 0 aliphatic heterocycles. The summed E-state index contributed by atoms with van der Waals surface area (Å²) in [6, 6.07) is 0.614. The van der Waals surface area contributed by atoms with Crippen LogP contribution in [0.3, 0.4) is 0 Å². The maximum atomic E-state index is 4.54. The number of halogens is 1. The van der Waals surface area contributed by atoms with Crippen LogP contribution in [0.25, 0.3) is 0 Å². The van der Waals surface area contributed by atoms with Crippen LogP contribution < -0.4 is 5.32 Å². The predicted octanol–water partition coefficient (Wildman–Crippen LogP) is 3.31. The van der Waals surface area contributed by atoms with Gasteiger partial charge in [-0.1, -0.05) is 20.8 Å². The summed E-state index contributed by atoms with van der Waals surface area (Å²) in [5.74, 6) is 0.691. The van der Waals surface area contributed by atoms with Gasteiger partial charge in [-0.25, -0.2) is 0 Å². The van der Waals surface area contributed by atoms with Crippen molar-refractivity contribution in [1.82, 2.24) is 15.1 Å². The van der Waals surface area contributed by atoms with Crippen molar-refractivity contribution in [2.75, 3.05) is 7.05 Å². The maximum Gasteiger partial charge on any atom is 0.0766 e. The smallest absolute Gasteiger partial charge is 0.0766 e. The second-order valence-corrected chi connectivity index (χ2v) is 6.01. The van der Waals surface area contributed by atoms with Gasteiger partial charge in [-0.15, -0.1) is 0 Å². The first kappa shape index (κ1) is 15.7. The molecule has 0 bridgehead atoms. The van der Waals surface area contributed by atoms with E-state index in [-0.39, 0.29) is 0 Å². The number of nitrogens with one attached hydrogen (secondary N) is 1. The summed E-state index contributed by atoms with van der Waals surface area (Å²) in [6.45, 7) is 6.69. The predicted molar refractivity (Wildman–Crippen MR) is 80.9 cm³/mol. The van der Waals surface area contributed by atoms with Crippen LogP contribution >= 0.6 is 15.9 Å². The minimum Gasteiger partial charge on any atom is -0.317 e. The molecule has 0 saturated heterocycles. The van der Waals surface area contributed by atoms with Crippen molar-refractivity contribution in [3.8, 4) is 0 Å². The summed E-state index contributed by atoms with van der Waals surface area (Å²) in [5.41, 5.74) is 2.49. The van der Waals surface area contributed by atoms with Gasteiger partial charge in [-0.05, 0) is 54.6 Å². The number of hydrogen-bond donors (Lipinski definition) is 1. The summed E-state index contributed by atoms with van der Waals surface area (Å²) < 4.78 is 3.23. The van der Waals surface area contributed by atoms with E-state index in [1.54, 1.807) is 0 Å². The molecule has 1 rings (SSSR count). The molecule has 1 heterocycles. The van der Waals surface area contributed by atoms with Gasteiger partial charge in [0.25, 0.3) is 0 Å². The van der Waals surface area contributed by atoms with Crippen LogP contribution in [0.1, 0.15) is 45.0 Å². The van der Waals surface area contributed by atoms with Gasteiger partial charge in [0.1, 0.15) is 0 Å². The fraction of sp³-hybridized carbons (Fsp3) is 0.786. The number of aryl methyl sites for hydroxylation is 2. The van der Waals surface area contributed by atoms with E-state index < -0.39 is 0 Å². The highest BCUT2D eigenvalue weighted by atomic mass is 79.9. The number of nitrogens with zero attached hydrogens (tertiary/aromatic N) is 2. The van der Waals surface area contributed by atoms with Gasteiger partial charge in [0.05, 0.1) is 15.9 Å². The van der Waals surface area contributed by atoms with Crippen molar-refractivity contribution in [1.29, 1.82) is 0 Å². The molecule has 0 radical (unpaired) electrons. The average Bonchev–Trinajstić information content (AvgIpc) is 2.60. The van der Waals surface area contributed by atoms with Gasteiger partial charge in [-0.3, -0.25) is 4.68 Å². The molecule has 1 N–H and O–H groups in total. The monoisotopic (exact) mass is 315 g/mol. The van der Waals surface area contributed by atoms with E-state index in [0.29, 0.717) is 12.0 Å². The second kappa shape index (κ2) is 7.29. The first-order valence-corrected chi connectivity index (χ1v) is 7.68. The Labute approximate surface area is 119 Å². The van der Waals surface area contributed by atoms with Crippen molar-refractivity contribution in [2.45, 2.75) is 52.5 Å². The summed E-state index contributed by atoms with van der Waals surface area (Å²) >= 11 is 3.68. The van der Waals surface area contributed by atoms with Crippen molar-refractivity contribution in [3.63, 3.8) is 0 Å². The molecular formula is C14H26BrN3. The SMILES string of the molecule is CCc1nn(C)c(CCCC(NC)C(C)C)c1Br. The normalized spacial score (nSPS) is 13.3. The zero-order valence-corrected chi connectivity index (χ0v) is 13.8. The molecule has 1 aromatic rings. The molecule has 18 heavy (non-hydrogen) atoms. The van der Waals surface area contributed by atoms with Gasteiger partial charge in [-0.2, -0.15) is 5.10 Å². The van der Waals surface area contributed by atoms with Gasteiger partial charge < -0.3 is 5.32 Å². The number of rotatable bonds is 7. The van der Waals surface area contributed by atoms with E-state index in [0.717, 1.165) is 12.8 Å². The standard InChI is InChI=1S/C14H26BrN3/c1-6-11-14(15)13(18(5)17-11)9-7-8-12(16-4)10(2)3/h10,12,16H,6-9H2,1-5H3. The van der Waals surface area contributed by atoms with E-state index in [1.807, 2.05) is 11.7 Å². The van der Waals surface area contributed by atoms with Gasteiger partial charge in [0.2, 0.25) is 0 Å². The van der Waals surface area contributed by atoms with Crippen LogP contribution in [0, 0.1) is 5.92 Å². The highest BCUT2D eigenvalue weighted by Crippen LogP contribution is 2.23. The molecule has 0 saturated carbocycles. The minimum atomic E-state index is 0.614. The molecule has 104 valence electrons. The Hall–Kier alpha value is -0.350. The van der Waals surface area contributed by atoms with Crippen LogP contribution in [-0.2, 0) is 19.9 Å². The Morgan fingerprint density at radius 2 is 2.06 bits per heavy atom. The molecule has 3 nitrogen and oxygen atoms in total. The molecule has 1 unspecified atom stereocenters. The Kier molecular flexibility index (Phi) is 6.36. The summed E-state index contributed by atoms with van der Waals surface area (Å²) in [6.07, 6.45) is 4.49. The molecule has 0 aliphatic carbocycles. The molecule has 0 aliphatic rings. The Morgan fingerprint density at radius 1 is 1.39 bits per heavy atom. The van der Waals surface area contributed by atoms with E-state index in [2.05, 4.69) is 54.2 Å². The Bertz CT molecular complexity index is 371. The molecule has 1 aromatic heterocycles. The number of hydrogen-bond acceptors (Lipinski definition) is 2. The van der Waals surface area contributed by atoms with Crippen molar-refractivity contribution >= 4 is 15.9 Å². The van der Waals surface area contributed by atoms with E-state index in [1.165, 1.54) is 28.7 Å². The molecule has 0 amide bonds. The molecule has 1 atom stereocenters. The largest absolute Gasteiger partial charge is 0.317 e. The van der Waals surface area contributed by atoms with Gasteiger partial charge in [0, 0.05) is 13.1 Å². The second-order valence-electron chi connectivity index (χ2n) is 5.22. The van der Waals surface area contributed by atoms with E-state index in [4.69, 9.17) is 0 Å². The van der Waals surface area contributed by atoms with Gasteiger partial charge >= 0.3 is 0 Å². The first-order chi connectivity index (χ1) is 8.51. The zero-order chi connectivity index (χ0) is 13.7. The highest BCUT2D eigenvalue weighted by molar-refractivity contribution is 9.10. The Balaban J connectivity index is 2.56. The molecule has 0 spiro atoms. The zero-order valence-electron chi connectivity index (χ0n) is 12.3. The quantitative estimate of drug-likeness (QED) is 0.836. The lowest BCUT2D eigenvalue weighted by Crippen LogP contribution is -2.30. The summed E-state index contributed by atoms with van der Waals surface area (Å²) in [7, 11) is 4.09. The average molecular weight is 316 g/mol. The lowest BCUT2D eigenvalue weighted by molar-refractivity contribution is 0.392. The fourth-order valence-electron chi connectivity index (χ4n) is 2.39. The third-order valence-electron chi connectivity index (χ3n) is 3.61. The molecule has 4 heteroatoms. The van der Waals surface area contributed by atoms with Crippen LogP contribution in [0.2, 0.25) is 0 Å². The third kappa shape index (κ3) is 3.82. The van der Waals surface area contributed by atoms with E-state index >= 15 is 0 Å². The van der Waals surface area contributed by atoms with Crippen molar-refractivity contribution in [3.05, 3.63) is 15.9 Å². The lowest BCUT2D eigenvalue weighted by Gasteiger charge is -2.19. The first-order valence-electron chi connectivity index (χ1n) is 6.88. The van der Waals surface area contributed by atoms with Gasteiger partial charge in [0.15, 0.2) is 0 Å².